The third-order valence-corrected chi connectivity index (χ3v) is 5.90. The minimum atomic E-state index is -0.399. The predicted molar refractivity (Wildman–Crippen MR) is 119 cm³/mol. The highest BCUT2D eigenvalue weighted by molar-refractivity contribution is 7.14. The number of hydrogen-bond acceptors (Lipinski definition) is 6. The van der Waals surface area contributed by atoms with E-state index in [0.717, 1.165) is 24.1 Å². The molecule has 0 fully saturated rings. The van der Waals surface area contributed by atoms with Gasteiger partial charge in [0.2, 0.25) is 5.91 Å². The molecule has 0 unspecified atom stereocenters. The molecule has 158 valence electrons. The molecule has 1 aliphatic rings. The number of ether oxygens (including phenoxy) is 1. The van der Waals surface area contributed by atoms with Gasteiger partial charge in [0.1, 0.15) is 0 Å². The molecule has 2 aromatic carbocycles. The maximum atomic E-state index is 13.0. The summed E-state index contributed by atoms with van der Waals surface area (Å²) >= 11 is 1.28. The van der Waals surface area contributed by atoms with E-state index in [1.165, 1.54) is 18.4 Å². The Labute approximate surface area is 183 Å². The maximum absolute atomic E-state index is 13.0. The van der Waals surface area contributed by atoms with Crippen LogP contribution in [-0.4, -0.2) is 36.4 Å². The first-order chi connectivity index (χ1) is 15.1. The number of methoxy groups -OCH3 is 1. The maximum Gasteiger partial charge on any atom is 0.338 e. The molecule has 1 aromatic heterocycles. The Morgan fingerprint density at radius 1 is 1.13 bits per heavy atom. The second-order valence-electron chi connectivity index (χ2n) is 7.08. The van der Waals surface area contributed by atoms with E-state index >= 15 is 0 Å². The number of carbonyl (C=O) groups is 3. The van der Waals surface area contributed by atoms with Gasteiger partial charge in [0.05, 0.1) is 24.8 Å². The molecule has 0 saturated carbocycles. The lowest BCUT2D eigenvalue weighted by atomic mass is 9.96. The Morgan fingerprint density at radius 3 is 2.71 bits per heavy atom. The van der Waals surface area contributed by atoms with Gasteiger partial charge in [0.25, 0.3) is 5.91 Å². The fraction of sp³-hybridized carbons (Fsp3) is 0.217. The molecule has 3 aromatic rings. The monoisotopic (exact) mass is 435 g/mol. The van der Waals surface area contributed by atoms with Crippen molar-refractivity contribution in [3.63, 3.8) is 0 Å². The molecule has 2 amide bonds. The highest BCUT2D eigenvalue weighted by atomic mass is 32.1. The van der Waals surface area contributed by atoms with Crippen LogP contribution in [0.4, 0.5) is 10.8 Å². The minimum Gasteiger partial charge on any atom is -0.465 e. The number of rotatable bonds is 5. The predicted octanol–water partition coefficient (Wildman–Crippen LogP) is 3.70. The van der Waals surface area contributed by atoms with E-state index in [-0.39, 0.29) is 18.2 Å². The fourth-order valence-corrected chi connectivity index (χ4v) is 4.34. The molecule has 2 heterocycles. The van der Waals surface area contributed by atoms with Crippen molar-refractivity contribution in [3.8, 4) is 0 Å². The highest BCUT2D eigenvalue weighted by Crippen LogP contribution is 2.31. The van der Waals surface area contributed by atoms with Crippen LogP contribution in [0.2, 0.25) is 0 Å². The average molecular weight is 436 g/mol. The van der Waals surface area contributed by atoms with Crippen LogP contribution in [0.25, 0.3) is 0 Å². The zero-order valence-corrected chi connectivity index (χ0v) is 17.8. The summed E-state index contributed by atoms with van der Waals surface area (Å²) in [7, 11) is 1.35. The van der Waals surface area contributed by atoms with Crippen LogP contribution in [0.15, 0.2) is 53.9 Å². The van der Waals surface area contributed by atoms with Crippen molar-refractivity contribution in [2.45, 2.75) is 19.3 Å². The summed E-state index contributed by atoms with van der Waals surface area (Å²) in [5.41, 5.74) is 3.21. The van der Waals surface area contributed by atoms with Crippen molar-refractivity contribution >= 4 is 39.9 Å². The van der Waals surface area contributed by atoms with Crippen LogP contribution in [0, 0.1) is 0 Å². The van der Waals surface area contributed by atoms with E-state index in [1.54, 1.807) is 46.7 Å². The van der Waals surface area contributed by atoms with Crippen LogP contribution < -0.4 is 10.2 Å². The first-order valence-electron chi connectivity index (χ1n) is 9.88. The van der Waals surface area contributed by atoms with E-state index in [4.69, 9.17) is 4.74 Å². The molecule has 4 rings (SSSR count). The second kappa shape index (κ2) is 9.09. The summed E-state index contributed by atoms with van der Waals surface area (Å²) in [4.78, 5) is 43.5. The minimum absolute atomic E-state index is 0.103. The van der Waals surface area contributed by atoms with Gasteiger partial charge in [-0.1, -0.05) is 24.3 Å². The number of thiazole rings is 1. The molecule has 0 spiro atoms. The first kappa shape index (κ1) is 20.7. The summed E-state index contributed by atoms with van der Waals surface area (Å²) in [6.45, 7) is 0.582. The van der Waals surface area contributed by atoms with E-state index in [9.17, 15) is 14.4 Å². The molecule has 0 radical (unpaired) electrons. The van der Waals surface area contributed by atoms with Crippen LogP contribution in [0.3, 0.4) is 0 Å². The third kappa shape index (κ3) is 4.49. The van der Waals surface area contributed by atoms with Gasteiger partial charge in [-0.25, -0.2) is 9.78 Å². The Hall–Kier alpha value is -3.52. The summed E-state index contributed by atoms with van der Waals surface area (Å²) in [6, 6.07) is 14.2. The zero-order valence-electron chi connectivity index (χ0n) is 17.0. The third-order valence-electron chi connectivity index (χ3n) is 5.10. The number of benzene rings is 2. The number of aromatic nitrogens is 1. The molecule has 1 N–H and O–H groups in total. The lowest BCUT2D eigenvalue weighted by molar-refractivity contribution is -0.118. The van der Waals surface area contributed by atoms with E-state index in [1.807, 2.05) is 12.1 Å². The molecule has 0 bridgehead atoms. The largest absolute Gasteiger partial charge is 0.465 e. The Bertz CT molecular complexity index is 1130. The molecule has 31 heavy (non-hydrogen) atoms. The normalized spacial score (nSPS) is 12.7. The lowest BCUT2D eigenvalue weighted by Gasteiger charge is -2.30. The van der Waals surface area contributed by atoms with Gasteiger partial charge >= 0.3 is 5.97 Å². The smallest absolute Gasteiger partial charge is 0.338 e. The van der Waals surface area contributed by atoms with E-state index in [0.29, 0.717) is 28.5 Å². The number of anilines is 2. The number of hydrogen-bond donors (Lipinski definition) is 1. The van der Waals surface area contributed by atoms with E-state index in [2.05, 4.69) is 10.3 Å². The molecule has 0 atom stereocenters. The summed E-state index contributed by atoms with van der Waals surface area (Å²) in [6.07, 6.45) is 1.60. The van der Waals surface area contributed by atoms with Crippen LogP contribution in [0.1, 0.15) is 38.4 Å². The SMILES string of the molecule is COC(=O)c1cccc2c1CCCN2C(=O)Cc1csc(NC(=O)c2ccccc2)n1. The first-order valence-corrected chi connectivity index (χ1v) is 10.8. The van der Waals surface area contributed by atoms with Crippen molar-refractivity contribution in [3.05, 3.63) is 76.3 Å². The molecule has 0 aliphatic carbocycles. The van der Waals surface area contributed by atoms with Crippen molar-refractivity contribution in [1.29, 1.82) is 0 Å². The number of amides is 2. The quantitative estimate of drug-likeness (QED) is 0.618. The molecular formula is C23H21N3O4S. The Balaban J connectivity index is 1.47. The molecule has 0 saturated heterocycles. The number of nitrogens with one attached hydrogen (secondary N) is 1. The fourth-order valence-electron chi connectivity index (χ4n) is 3.64. The average Bonchev–Trinajstić information content (AvgIpc) is 3.24. The van der Waals surface area contributed by atoms with Crippen LogP contribution >= 0.6 is 11.3 Å². The topological polar surface area (TPSA) is 88.6 Å². The number of esters is 1. The van der Waals surface area contributed by atoms with Crippen molar-refractivity contribution in [2.75, 3.05) is 23.9 Å². The van der Waals surface area contributed by atoms with Gasteiger partial charge in [-0.15, -0.1) is 11.3 Å². The van der Waals surface area contributed by atoms with Crippen molar-refractivity contribution < 1.29 is 19.1 Å². The summed E-state index contributed by atoms with van der Waals surface area (Å²) in [5, 5.41) is 4.99. The molecular weight excluding hydrogens is 414 g/mol. The standard InChI is InChI=1S/C23H21N3O4S/c1-30-22(29)18-9-5-11-19-17(18)10-6-12-26(19)20(27)13-16-14-31-23(24-16)25-21(28)15-7-3-2-4-8-15/h2-5,7-9,11,14H,6,10,12-13H2,1H3,(H,24,25,28). The number of carbonyl (C=O) groups excluding carboxylic acids is 3. The lowest BCUT2D eigenvalue weighted by Crippen LogP contribution is -2.37. The van der Waals surface area contributed by atoms with Gasteiger partial charge in [-0.2, -0.15) is 0 Å². The molecule has 8 heteroatoms. The van der Waals surface area contributed by atoms with Crippen LogP contribution in [0.5, 0.6) is 0 Å². The van der Waals surface area contributed by atoms with Crippen LogP contribution in [-0.2, 0) is 22.4 Å². The number of nitrogens with zero attached hydrogens (tertiary/aromatic N) is 2. The van der Waals surface area contributed by atoms with Gasteiger partial charge in [-0.05, 0) is 42.7 Å². The molecule has 1 aliphatic heterocycles. The van der Waals surface area contributed by atoms with E-state index < -0.39 is 5.97 Å². The summed E-state index contributed by atoms with van der Waals surface area (Å²) in [5.74, 6) is -0.744. The molecule has 7 nitrogen and oxygen atoms in total. The van der Waals surface area contributed by atoms with Gasteiger partial charge in [0.15, 0.2) is 5.13 Å². The second-order valence-corrected chi connectivity index (χ2v) is 7.94. The van der Waals surface area contributed by atoms with Crippen molar-refractivity contribution in [2.24, 2.45) is 0 Å². The number of fused-ring (bicyclic) bond motifs is 1. The van der Waals surface area contributed by atoms with Crippen molar-refractivity contribution in [1.82, 2.24) is 4.98 Å². The summed E-state index contributed by atoms with van der Waals surface area (Å²) < 4.78 is 4.87. The van der Waals surface area contributed by atoms with Gasteiger partial charge in [0, 0.05) is 23.2 Å². The zero-order chi connectivity index (χ0) is 21.8. The highest BCUT2D eigenvalue weighted by Gasteiger charge is 2.26. The van der Waals surface area contributed by atoms with Gasteiger partial charge in [-0.3, -0.25) is 14.9 Å². The Morgan fingerprint density at radius 2 is 1.94 bits per heavy atom. The Kier molecular flexibility index (Phi) is 6.08. The van der Waals surface area contributed by atoms with Gasteiger partial charge < -0.3 is 9.64 Å².